The number of nitrogens with zero attached hydrogens (tertiary/aromatic N) is 2. The summed E-state index contributed by atoms with van der Waals surface area (Å²) in [5, 5.41) is 29.1. The van der Waals surface area contributed by atoms with E-state index in [0.717, 1.165) is 56.4 Å². The van der Waals surface area contributed by atoms with Crippen LogP contribution < -0.4 is 26.0 Å². The Morgan fingerprint density at radius 2 is 1.88 bits per heavy atom. The lowest BCUT2D eigenvalue weighted by atomic mass is 9.95. The van der Waals surface area contributed by atoms with Crippen LogP contribution >= 0.6 is 0 Å². The molecule has 184 valence electrons. The van der Waals surface area contributed by atoms with Crippen molar-refractivity contribution in [1.82, 2.24) is 26.0 Å². The van der Waals surface area contributed by atoms with Crippen molar-refractivity contribution in [2.75, 3.05) is 18.4 Å². The first kappa shape index (κ1) is 22.3. The van der Waals surface area contributed by atoms with Crippen LogP contribution in [0, 0.1) is 5.92 Å². The number of anilines is 1. The van der Waals surface area contributed by atoms with E-state index >= 15 is 0 Å². The van der Waals surface area contributed by atoms with Crippen molar-refractivity contribution < 1.29 is 14.6 Å². The van der Waals surface area contributed by atoms with Gasteiger partial charge in [0.2, 0.25) is 5.91 Å². The van der Waals surface area contributed by atoms with Gasteiger partial charge in [0, 0.05) is 18.3 Å². The number of nitrogens with one attached hydrogen (secondary N) is 4. The van der Waals surface area contributed by atoms with Gasteiger partial charge in [-0.3, -0.25) is 25.8 Å². The highest BCUT2D eigenvalue weighted by Gasteiger charge is 2.52. The molecule has 6 unspecified atom stereocenters. The van der Waals surface area contributed by atoms with Crippen LogP contribution in [-0.4, -0.2) is 71.0 Å². The molecule has 6 rings (SSSR count). The minimum Gasteiger partial charge on any atom is -0.490 e. The highest BCUT2D eigenvalue weighted by atomic mass is 16.5. The van der Waals surface area contributed by atoms with E-state index in [-0.39, 0.29) is 42.6 Å². The molecule has 1 aliphatic carbocycles. The van der Waals surface area contributed by atoms with E-state index in [4.69, 9.17) is 4.74 Å². The van der Waals surface area contributed by atoms with Crippen molar-refractivity contribution in [3.8, 4) is 5.75 Å². The summed E-state index contributed by atoms with van der Waals surface area (Å²) >= 11 is 0. The number of aliphatic hydroxyl groups excluding tert-OH is 1. The Morgan fingerprint density at radius 3 is 2.71 bits per heavy atom. The van der Waals surface area contributed by atoms with Crippen molar-refractivity contribution in [2.24, 2.45) is 5.92 Å². The summed E-state index contributed by atoms with van der Waals surface area (Å²) in [7, 11) is 0. The van der Waals surface area contributed by atoms with Crippen LogP contribution in [0.1, 0.15) is 44.9 Å². The summed E-state index contributed by atoms with van der Waals surface area (Å²) in [5.41, 5.74) is 0.993. The van der Waals surface area contributed by atoms with Crippen molar-refractivity contribution in [1.29, 1.82) is 0 Å². The van der Waals surface area contributed by atoms with E-state index in [1.54, 1.807) is 0 Å². The lowest BCUT2D eigenvalue weighted by Gasteiger charge is -2.45. The third-order valence-electron chi connectivity index (χ3n) is 7.65. The highest BCUT2D eigenvalue weighted by Crippen LogP contribution is 2.32. The molecule has 6 atom stereocenters. The van der Waals surface area contributed by atoms with Gasteiger partial charge in [0.05, 0.1) is 37.0 Å². The van der Waals surface area contributed by atoms with Crippen LogP contribution in [0.15, 0.2) is 36.4 Å². The zero-order valence-electron chi connectivity index (χ0n) is 19.5. The molecule has 1 saturated carbocycles. The second-order valence-corrected chi connectivity index (χ2v) is 10.2. The molecule has 5 N–H and O–H groups in total. The van der Waals surface area contributed by atoms with Crippen molar-refractivity contribution in [2.45, 2.75) is 81.8 Å². The second kappa shape index (κ2) is 9.47. The molecule has 5 aliphatic rings. The first-order chi connectivity index (χ1) is 16.7. The molecule has 9 heteroatoms. The quantitative estimate of drug-likeness (QED) is 0.422. The molecule has 4 heterocycles. The standard InChI is InChI=1S/C25H36N6O3/c32-21-6-2-1-3-14-30-24(33)19-15-26-25(27-16-8-10-17(11-9-16)34-18-12-13-18)29-23(19)31(30)22-7-4-5-20(21)28-22/h1,3,8-11,18-23,25-29,32H,2,4-7,12-15H2/b3-1-. The van der Waals surface area contributed by atoms with Gasteiger partial charge in [-0.2, -0.15) is 5.01 Å². The Labute approximate surface area is 200 Å². The maximum absolute atomic E-state index is 13.4. The van der Waals surface area contributed by atoms with Gasteiger partial charge >= 0.3 is 0 Å². The van der Waals surface area contributed by atoms with Crippen LogP contribution in [-0.2, 0) is 4.79 Å². The molecule has 9 nitrogen and oxygen atoms in total. The van der Waals surface area contributed by atoms with Crippen LogP contribution in [0.5, 0.6) is 5.75 Å². The minimum atomic E-state index is -0.365. The molecule has 34 heavy (non-hydrogen) atoms. The Bertz CT molecular complexity index is 906. The normalized spacial score (nSPS) is 37.3. The first-order valence-corrected chi connectivity index (χ1v) is 12.9. The summed E-state index contributed by atoms with van der Waals surface area (Å²) in [6.07, 6.45) is 10.8. The van der Waals surface area contributed by atoms with Crippen LogP contribution in [0.4, 0.5) is 5.69 Å². The van der Waals surface area contributed by atoms with E-state index in [9.17, 15) is 9.90 Å². The van der Waals surface area contributed by atoms with Gasteiger partial charge in [-0.05, 0) is 69.2 Å². The molecule has 0 aromatic heterocycles. The molecule has 4 aliphatic heterocycles. The van der Waals surface area contributed by atoms with Crippen molar-refractivity contribution >= 4 is 11.6 Å². The average molecular weight is 469 g/mol. The fraction of sp³-hybridized carbons (Fsp3) is 0.640. The number of rotatable bonds is 4. The summed E-state index contributed by atoms with van der Waals surface area (Å²) < 4.78 is 5.85. The second-order valence-electron chi connectivity index (χ2n) is 10.2. The number of carbonyl (C=O) groups is 1. The Kier molecular flexibility index (Phi) is 6.21. The predicted molar refractivity (Wildman–Crippen MR) is 128 cm³/mol. The number of amides is 1. The first-order valence-electron chi connectivity index (χ1n) is 12.9. The maximum atomic E-state index is 13.4. The molecule has 0 radical (unpaired) electrons. The SMILES string of the molecule is O=C1C2CNC(Nc3ccc(OC4CC4)cc3)NC2N2C3CCCC(N3)C(O)CC/C=C\CN12. The molecule has 4 fully saturated rings. The predicted octanol–water partition coefficient (Wildman–Crippen LogP) is 1.30. The maximum Gasteiger partial charge on any atom is 0.244 e. The van der Waals surface area contributed by atoms with E-state index in [1.807, 2.05) is 29.3 Å². The van der Waals surface area contributed by atoms with Crippen LogP contribution in [0.25, 0.3) is 0 Å². The Balaban J connectivity index is 1.18. The number of piperidine rings is 1. The molecular weight excluding hydrogens is 432 g/mol. The molecule has 1 aromatic rings. The summed E-state index contributed by atoms with van der Waals surface area (Å²) in [6, 6.07) is 8.14. The highest BCUT2D eigenvalue weighted by molar-refractivity contribution is 5.82. The number of fused-ring (bicyclic) bond motifs is 6. The van der Waals surface area contributed by atoms with Gasteiger partial charge in [-0.1, -0.05) is 12.2 Å². The number of aliphatic hydroxyl groups is 1. The molecule has 1 aromatic carbocycles. The van der Waals surface area contributed by atoms with Gasteiger partial charge in [0.15, 0.2) is 0 Å². The average Bonchev–Trinajstić information content (AvgIpc) is 3.63. The Morgan fingerprint density at radius 1 is 1.03 bits per heavy atom. The van der Waals surface area contributed by atoms with Crippen LogP contribution in [0.3, 0.4) is 0 Å². The van der Waals surface area contributed by atoms with E-state index in [0.29, 0.717) is 19.2 Å². The number of hydrogen-bond acceptors (Lipinski definition) is 8. The third-order valence-corrected chi connectivity index (χ3v) is 7.65. The largest absolute Gasteiger partial charge is 0.490 e. The lowest BCUT2D eigenvalue weighted by Crippen LogP contribution is -2.68. The fourth-order valence-electron chi connectivity index (χ4n) is 5.67. The van der Waals surface area contributed by atoms with Gasteiger partial charge in [-0.25, -0.2) is 0 Å². The molecule has 3 saturated heterocycles. The fourth-order valence-corrected chi connectivity index (χ4v) is 5.67. The summed E-state index contributed by atoms with van der Waals surface area (Å²) in [4.78, 5) is 13.4. The smallest absolute Gasteiger partial charge is 0.244 e. The van der Waals surface area contributed by atoms with E-state index in [1.165, 1.54) is 0 Å². The zero-order chi connectivity index (χ0) is 23.1. The van der Waals surface area contributed by atoms with Gasteiger partial charge in [-0.15, -0.1) is 0 Å². The summed E-state index contributed by atoms with van der Waals surface area (Å²) in [6.45, 7) is 1.17. The number of carbonyl (C=O) groups excluding carboxylic acids is 1. The molecular formula is C25H36N6O3. The number of hydrogen-bond donors (Lipinski definition) is 5. The topological polar surface area (TPSA) is 101 Å². The zero-order valence-corrected chi connectivity index (χ0v) is 19.5. The Hall–Kier alpha value is -2.17. The summed E-state index contributed by atoms with van der Waals surface area (Å²) in [5.74, 6) is 0.903. The molecule has 1 amide bonds. The minimum absolute atomic E-state index is 0.0176. The third kappa shape index (κ3) is 4.55. The monoisotopic (exact) mass is 468 g/mol. The van der Waals surface area contributed by atoms with Crippen molar-refractivity contribution in [3.05, 3.63) is 36.4 Å². The molecule has 2 bridgehead atoms. The van der Waals surface area contributed by atoms with Crippen LogP contribution in [0.2, 0.25) is 0 Å². The van der Waals surface area contributed by atoms with Gasteiger partial charge < -0.3 is 15.2 Å². The van der Waals surface area contributed by atoms with Gasteiger partial charge in [0.25, 0.3) is 0 Å². The molecule has 0 spiro atoms. The lowest BCUT2D eigenvalue weighted by molar-refractivity contribution is -0.145. The number of hydrazine groups is 1. The number of benzene rings is 1. The van der Waals surface area contributed by atoms with E-state index < -0.39 is 0 Å². The van der Waals surface area contributed by atoms with Gasteiger partial charge in [0.1, 0.15) is 12.0 Å². The number of allylic oxidation sites excluding steroid dienone is 1. The van der Waals surface area contributed by atoms with E-state index in [2.05, 4.69) is 38.4 Å². The number of ether oxygens (including phenoxy) is 1. The van der Waals surface area contributed by atoms with Crippen molar-refractivity contribution in [3.63, 3.8) is 0 Å².